The van der Waals surface area contributed by atoms with Gasteiger partial charge in [0, 0.05) is 0 Å². The summed E-state index contributed by atoms with van der Waals surface area (Å²) in [6.45, 7) is 0. The van der Waals surface area contributed by atoms with Gasteiger partial charge in [-0.2, -0.15) is 0 Å². The summed E-state index contributed by atoms with van der Waals surface area (Å²) in [6, 6.07) is 0. The van der Waals surface area contributed by atoms with E-state index in [1.54, 1.807) is 0 Å². The van der Waals surface area contributed by atoms with Crippen molar-refractivity contribution in [3.8, 4) is 0 Å². The van der Waals surface area contributed by atoms with Crippen molar-refractivity contribution in [2.75, 3.05) is 0 Å². The van der Waals surface area contributed by atoms with Gasteiger partial charge in [0.1, 0.15) is 0 Å². The maximum Gasteiger partial charge on any atom is 0.411 e. The number of quaternary nitrogens is 1. The van der Waals surface area contributed by atoms with E-state index in [1.165, 1.54) is 0 Å². The predicted octanol–water partition coefficient (Wildman–Crippen LogP) is -2.81. The van der Waals surface area contributed by atoms with E-state index >= 15 is 0 Å². The molecule has 0 aliphatic heterocycles. The molecule has 0 spiro atoms. The van der Waals surface area contributed by atoms with Gasteiger partial charge in [-0.05, 0) is 0 Å². The van der Waals surface area contributed by atoms with E-state index in [2.05, 4.69) is 0 Å². The first-order valence-electron chi connectivity index (χ1n) is 2.94. The fraction of sp³-hybridized carbons (Fsp3) is 1.00. The van der Waals surface area contributed by atoms with Gasteiger partial charge in [-0.3, -0.25) is 13.7 Å². The van der Waals surface area contributed by atoms with Crippen LogP contribution in [0, 0.1) is 5.21 Å². The lowest BCUT2D eigenvalue weighted by Crippen LogP contribution is -2.90. The minimum atomic E-state index is -6.04. The fourth-order valence-electron chi connectivity index (χ4n) is 0.715. The highest BCUT2D eigenvalue weighted by atomic mass is 31.3. The highest BCUT2D eigenvalue weighted by Gasteiger charge is 2.75. The second-order valence-corrected chi connectivity index (χ2v) is 8.88. The number of hydrogen-bond acceptors (Lipinski definition) is 4. The summed E-state index contributed by atoms with van der Waals surface area (Å²) in [6.07, 6.45) is 0. The first-order chi connectivity index (χ1) is 6.31. The Morgan fingerprint density at radius 1 is 0.800 bits per heavy atom. The molecule has 0 aliphatic carbocycles. The average molecular weight is 287 g/mol. The molecule has 0 aliphatic rings. The van der Waals surface area contributed by atoms with Crippen molar-refractivity contribution in [1.29, 1.82) is 0 Å². The van der Waals surface area contributed by atoms with E-state index in [-0.39, 0.29) is 0 Å². The molecule has 0 amide bonds. The molecule has 11 nitrogen and oxygen atoms in total. The number of rotatable bonds is 4. The van der Waals surface area contributed by atoms with Crippen LogP contribution in [0.2, 0.25) is 0 Å². The van der Waals surface area contributed by atoms with Crippen molar-refractivity contribution in [3.63, 3.8) is 0 Å². The molecule has 14 heteroatoms. The lowest BCUT2D eigenvalue weighted by atomic mass is 11.4. The lowest BCUT2D eigenvalue weighted by Gasteiger charge is -2.32. The molecule has 0 saturated heterocycles. The zero-order valence-electron chi connectivity index (χ0n) is 6.74. The van der Waals surface area contributed by atoms with Crippen LogP contribution in [0.1, 0.15) is 0 Å². The zero-order valence-corrected chi connectivity index (χ0v) is 9.42. The van der Waals surface area contributed by atoms with Crippen molar-refractivity contribution in [2.45, 2.75) is 4.76 Å². The molecule has 92 valence electrons. The van der Waals surface area contributed by atoms with Gasteiger partial charge in [0.2, 0.25) is 0 Å². The fourth-order valence-corrected chi connectivity index (χ4v) is 5.20. The molecule has 8 N–H and O–H groups in total. The quantitative estimate of drug-likeness (QED) is 0.208. The molecule has 0 fully saturated rings. The minimum absolute atomic E-state index is 1.10. The number of hydroxylamine groups is 1. The summed E-state index contributed by atoms with van der Waals surface area (Å²) in [5, 5.41) is 10.3. The first-order valence-corrected chi connectivity index (χ1v) is 7.78. The third-order valence-corrected chi connectivity index (χ3v) is 9.02. The summed E-state index contributed by atoms with van der Waals surface area (Å²) in [5.41, 5.74) is -1.10. The topological polar surface area (TPSA) is 212 Å². The Hall–Kier alpha value is 0.370. The molecule has 0 aromatic heterocycles. The molecule has 0 saturated carbocycles. The molecule has 0 heterocycles. The Labute approximate surface area is 82.2 Å². The van der Waals surface area contributed by atoms with Gasteiger partial charge in [0.15, 0.2) is 0 Å². The lowest BCUT2D eigenvalue weighted by molar-refractivity contribution is -0.607. The maximum absolute atomic E-state index is 10.7. The first kappa shape index (κ1) is 15.4. The van der Waals surface area contributed by atoms with Crippen molar-refractivity contribution in [3.05, 3.63) is 5.21 Å². The van der Waals surface area contributed by atoms with E-state index in [4.69, 9.17) is 29.4 Å². The Kier molecular flexibility index (Phi) is 4.09. The van der Waals surface area contributed by atoms with E-state index in [9.17, 15) is 18.9 Å². The molecular weight excluding hydrogens is 279 g/mol. The predicted molar refractivity (Wildman–Crippen MR) is 44.2 cm³/mol. The second-order valence-electron chi connectivity index (χ2n) is 2.44. The molecule has 0 rings (SSSR count). The minimum Gasteiger partial charge on any atom is -0.634 e. The van der Waals surface area contributed by atoms with Crippen LogP contribution >= 0.6 is 22.8 Å². The van der Waals surface area contributed by atoms with Crippen molar-refractivity contribution in [2.24, 2.45) is 0 Å². The SMILES string of the molecule is O=P(O)(O)C([NH2+][O-])(P(=O)(O)O)P(=O)(O)O. The molecule has 0 atom stereocenters. The van der Waals surface area contributed by atoms with Crippen LogP contribution in [0.5, 0.6) is 0 Å². The van der Waals surface area contributed by atoms with E-state index in [0.29, 0.717) is 0 Å². The second kappa shape index (κ2) is 3.99. The molecular formula is CH8NO10P3. The van der Waals surface area contributed by atoms with Gasteiger partial charge in [-0.25, -0.2) is 0 Å². The number of nitrogens with two attached hydrogens (primary N) is 1. The maximum atomic E-state index is 10.7. The highest BCUT2D eigenvalue weighted by molar-refractivity contribution is 7.88. The van der Waals surface area contributed by atoms with E-state index < -0.39 is 33.0 Å². The van der Waals surface area contributed by atoms with E-state index in [0.717, 1.165) is 0 Å². The van der Waals surface area contributed by atoms with Gasteiger partial charge < -0.3 is 40.0 Å². The van der Waals surface area contributed by atoms with Crippen LogP contribution in [-0.4, -0.2) is 34.1 Å². The van der Waals surface area contributed by atoms with Crippen LogP contribution in [0.25, 0.3) is 0 Å². The molecule has 0 aromatic rings. The molecule has 0 bridgehead atoms. The Bertz CT molecular complexity index is 313. The monoisotopic (exact) mass is 287 g/mol. The summed E-state index contributed by atoms with van der Waals surface area (Å²) >= 11 is 0. The summed E-state index contributed by atoms with van der Waals surface area (Å²) < 4.78 is 27.6. The summed E-state index contributed by atoms with van der Waals surface area (Å²) in [4.78, 5) is 51.0. The van der Waals surface area contributed by atoms with Gasteiger partial charge >= 0.3 is 27.5 Å². The largest absolute Gasteiger partial charge is 0.634 e. The normalized spacial score (nSPS) is 15.4. The zero-order chi connectivity index (χ0) is 12.7. The van der Waals surface area contributed by atoms with Gasteiger partial charge in [-0.15, -0.1) is 0 Å². The molecule has 0 radical (unpaired) electrons. The van der Waals surface area contributed by atoms with E-state index in [1.807, 2.05) is 0 Å². The molecule has 0 aromatic carbocycles. The standard InChI is InChI=1S/CH8NO10P3/c3-2-1(13(4,5)6,14(7,8)9)15(10,11)12/h2H2,(H2,4,5,6)(H2,7,8,9)(H2,10,11,12). The molecule has 0 unspecified atom stereocenters. The average Bonchev–Trinajstić information content (AvgIpc) is 1.76. The number of hydrogen-bond donors (Lipinski definition) is 7. The smallest absolute Gasteiger partial charge is 0.411 e. The Morgan fingerprint density at radius 3 is 1.00 bits per heavy atom. The van der Waals surface area contributed by atoms with Crippen LogP contribution in [0.3, 0.4) is 0 Å². The van der Waals surface area contributed by atoms with Gasteiger partial charge in [-0.1, -0.05) is 0 Å². The third-order valence-electron chi connectivity index (χ3n) is 1.44. The van der Waals surface area contributed by atoms with Crippen molar-refractivity contribution in [1.82, 2.24) is 0 Å². The molecule has 15 heavy (non-hydrogen) atoms. The van der Waals surface area contributed by atoms with Gasteiger partial charge in [0.05, 0.1) is 0 Å². The summed E-state index contributed by atoms with van der Waals surface area (Å²) in [5.74, 6) is 0. The van der Waals surface area contributed by atoms with Crippen molar-refractivity contribution < 1.29 is 48.5 Å². The van der Waals surface area contributed by atoms with Crippen LogP contribution < -0.4 is 5.48 Å². The third kappa shape index (κ3) is 2.38. The Morgan fingerprint density at radius 2 is 1.00 bits per heavy atom. The van der Waals surface area contributed by atoms with Crippen LogP contribution in [0.15, 0.2) is 0 Å². The van der Waals surface area contributed by atoms with Crippen LogP contribution in [0.4, 0.5) is 0 Å². The van der Waals surface area contributed by atoms with Gasteiger partial charge in [0.25, 0.3) is 0 Å². The van der Waals surface area contributed by atoms with Crippen LogP contribution in [-0.2, 0) is 13.7 Å². The Balaban J connectivity index is 6.16. The highest BCUT2D eigenvalue weighted by Crippen LogP contribution is 2.78. The van der Waals surface area contributed by atoms with Crippen molar-refractivity contribution >= 4 is 22.8 Å². The summed E-state index contributed by atoms with van der Waals surface area (Å²) in [7, 11) is -18.1.